The molecule has 0 spiro atoms. The van der Waals surface area contributed by atoms with Crippen LogP contribution in [0.25, 0.3) is 0 Å². The molecule has 0 amide bonds. The molecule has 5 unspecified atom stereocenters. The average molecular weight is 1440 g/mol. The Morgan fingerprint density at radius 2 is 0.560 bits per heavy atom. The van der Waals surface area contributed by atoms with E-state index in [4.69, 9.17) is 37.0 Å². The van der Waals surface area contributed by atoms with Gasteiger partial charge in [0.05, 0.1) is 32.8 Å². The number of hydrogen-bond donors (Lipinski definition) is 3. The van der Waals surface area contributed by atoms with Crippen LogP contribution in [0.5, 0.6) is 0 Å². The van der Waals surface area contributed by atoms with Gasteiger partial charge in [0.25, 0.3) is 0 Å². The van der Waals surface area contributed by atoms with E-state index in [-0.39, 0.29) is 25.7 Å². The van der Waals surface area contributed by atoms with Crippen LogP contribution in [0.2, 0.25) is 0 Å². The van der Waals surface area contributed by atoms with Gasteiger partial charge in [0.1, 0.15) is 19.3 Å². The normalized spacial score (nSPS) is 14.9. The molecule has 19 heteroatoms. The maximum absolute atomic E-state index is 13.1. The van der Waals surface area contributed by atoms with Crippen LogP contribution in [-0.4, -0.2) is 96.7 Å². The molecule has 0 aliphatic rings. The number of phosphoric ester groups is 2. The van der Waals surface area contributed by atoms with Crippen molar-refractivity contribution in [1.82, 2.24) is 0 Å². The summed E-state index contributed by atoms with van der Waals surface area (Å²) in [6.45, 7) is 4.27. The van der Waals surface area contributed by atoms with Gasteiger partial charge in [0.15, 0.2) is 12.2 Å². The topological polar surface area (TPSA) is 237 Å². The van der Waals surface area contributed by atoms with Crippen molar-refractivity contribution in [2.24, 2.45) is 0 Å². The second-order valence-corrected chi connectivity index (χ2v) is 27.0. The lowest BCUT2D eigenvalue weighted by Gasteiger charge is -2.21. The molecule has 0 aliphatic carbocycles. The van der Waals surface area contributed by atoms with Gasteiger partial charge >= 0.3 is 39.5 Å². The van der Waals surface area contributed by atoms with Crippen LogP contribution in [0.15, 0.2) is 170 Å². The Morgan fingerprint density at radius 3 is 0.920 bits per heavy atom. The van der Waals surface area contributed by atoms with E-state index >= 15 is 0 Å². The summed E-state index contributed by atoms with van der Waals surface area (Å²) in [6.07, 6.45) is 83.9. The SMILES string of the molecule is CC/C=C\C/C=C\C/C=C\C/C=C\C/C=C\CC(=O)OCC(COP(=O)(O)OCC(O)COP(=O)(O)OCC(COC(=O)CCCCCC/C=C\C/C=C\C/C=C\C/C=C\CC)OC(=O)CCCC/C=C\C/C=C\C/C=C\C/C=C\CC)OC(=O)CCCCCCC/C=C\CCCCCC. The predicted octanol–water partition coefficient (Wildman–Crippen LogP) is 21.4. The highest BCUT2D eigenvalue weighted by atomic mass is 31.2. The number of rotatable bonds is 68. The number of hydrogen-bond acceptors (Lipinski definition) is 15. The molecule has 3 N–H and O–H groups in total. The van der Waals surface area contributed by atoms with Crippen molar-refractivity contribution in [3.8, 4) is 0 Å². The summed E-state index contributed by atoms with van der Waals surface area (Å²) in [6, 6.07) is 0. The first-order chi connectivity index (χ1) is 48.7. The Bertz CT molecular complexity index is 2570. The van der Waals surface area contributed by atoms with Gasteiger partial charge in [-0.1, -0.05) is 249 Å². The van der Waals surface area contributed by atoms with Gasteiger partial charge in [-0.3, -0.25) is 37.3 Å². The molecule has 5 atom stereocenters. The number of allylic oxidation sites excluding steroid dienone is 27. The van der Waals surface area contributed by atoms with Crippen LogP contribution >= 0.6 is 15.6 Å². The van der Waals surface area contributed by atoms with Gasteiger partial charge in [-0.15, -0.1) is 0 Å². The number of carbonyl (C=O) groups excluding carboxylic acids is 4. The fourth-order valence-electron chi connectivity index (χ4n) is 9.09. The maximum atomic E-state index is 13.1. The van der Waals surface area contributed by atoms with Crippen LogP contribution in [0, 0.1) is 0 Å². The Hall–Kier alpha value is -5.58. The molecular weight excluding hydrogens is 1310 g/mol. The average Bonchev–Trinajstić information content (AvgIpc) is 0.937. The molecule has 0 saturated carbocycles. The maximum Gasteiger partial charge on any atom is 0.472 e. The van der Waals surface area contributed by atoms with Gasteiger partial charge in [-0.2, -0.15) is 0 Å². The fourth-order valence-corrected chi connectivity index (χ4v) is 10.7. The van der Waals surface area contributed by atoms with Crippen LogP contribution in [0.4, 0.5) is 0 Å². The Labute approximate surface area is 603 Å². The summed E-state index contributed by atoms with van der Waals surface area (Å²) < 4.78 is 68.2. The van der Waals surface area contributed by atoms with Crippen LogP contribution in [0.1, 0.15) is 259 Å². The van der Waals surface area contributed by atoms with Crippen molar-refractivity contribution in [3.63, 3.8) is 0 Å². The molecule has 0 radical (unpaired) electrons. The number of ether oxygens (including phenoxy) is 4. The third kappa shape index (κ3) is 70.8. The molecule has 0 saturated heterocycles. The zero-order valence-corrected chi connectivity index (χ0v) is 63.3. The molecule has 0 aromatic rings. The number of aliphatic hydroxyl groups excluding tert-OH is 1. The van der Waals surface area contributed by atoms with Crippen molar-refractivity contribution in [1.29, 1.82) is 0 Å². The zero-order chi connectivity index (χ0) is 73.2. The lowest BCUT2D eigenvalue weighted by Crippen LogP contribution is -2.30. The quantitative estimate of drug-likeness (QED) is 0.0169. The fraction of sp³-hybridized carbons (Fsp3) is 0.605. The molecular formula is C81H130O17P2. The van der Waals surface area contributed by atoms with E-state index in [1.165, 1.54) is 25.7 Å². The summed E-state index contributed by atoms with van der Waals surface area (Å²) in [5.74, 6) is -2.43. The molecule has 0 rings (SSSR count). The summed E-state index contributed by atoms with van der Waals surface area (Å²) in [5.41, 5.74) is 0. The van der Waals surface area contributed by atoms with E-state index in [2.05, 4.69) is 174 Å². The monoisotopic (exact) mass is 1440 g/mol. The largest absolute Gasteiger partial charge is 0.472 e. The Balaban J connectivity index is 5.50. The van der Waals surface area contributed by atoms with Gasteiger partial charge in [0, 0.05) is 19.3 Å². The highest BCUT2D eigenvalue weighted by molar-refractivity contribution is 7.47. The molecule has 0 heterocycles. The number of esters is 4. The van der Waals surface area contributed by atoms with Gasteiger partial charge in [-0.25, -0.2) is 9.13 Å². The standard InChI is InChI=1S/C81H130O17P2/c1-5-9-13-17-21-25-29-33-36-37-40-43-46-50-54-58-62-66-79(84)92-72-77(98-81(86)68-64-60-56-52-48-44-39-35-31-27-23-19-15-11-7-3)74-96-100(89,90)94-70-75(82)69-93-99(87,88)95-73-76(97-80(85)67-63-59-55-51-47-41-32-28-24-20-16-12-8-4)71-91-78(83)65-61-57-53-49-45-42-38-34-30-26-22-18-14-10-6-2/h9-11,13-15,21-23,25-28,32-36,38-40,43,45,48-49,52,57,61,75-77,82H,5-8,12,16-20,24,29-31,37,41-42,44,46-47,50-51,53-56,58-60,62-74H2,1-4H3,(H,87,88)(H,89,90)/b13-9-,14-10-,15-11-,25-21-,26-22-,27-23-,32-28-,36-33-,38-34-,39-35-,43-40-,49-45-,52-48-,61-57-. The second-order valence-electron chi connectivity index (χ2n) is 24.1. The molecule has 0 aromatic heterocycles. The molecule has 0 aliphatic heterocycles. The summed E-state index contributed by atoms with van der Waals surface area (Å²) in [5, 5.41) is 10.6. The minimum atomic E-state index is -5.01. The number of phosphoric acid groups is 2. The van der Waals surface area contributed by atoms with Gasteiger partial charge in [-0.05, 0) is 154 Å². The van der Waals surface area contributed by atoms with Crippen LogP contribution in [0.3, 0.4) is 0 Å². The summed E-state index contributed by atoms with van der Waals surface area (Å²) >= 11 is 0. The minimum absolute atomic E-state index is 0.0283. The van der Waals surface area contributed by atoms with Crippen molar-refractivity contribution >= 4 is 39.5 Å². The Morgan fingerprint density at radius 1 is 0.300 bits per heavy atom. The minimum Gasteiger partial charge on any atom is -0.462 e. The van der Waals surface area contributed by atoms with Crippen LogP contribution < -0.4 is 0 Å². The highest BCUT2D eigenvalue weighted by Gasteiger charge is 2.30. The third-order valence-electron chi connectivity index (χ3n) is 14.7. The number of carbonyl (C=O) groups is 4. The van der Waals surface area contributed by atoms with E-state index < -0.39 is 97.5 Å². The first-order valence-electron chi connectivity index (χ1n) is 37.4. The predicted molar refractivity (Wildman–Crippen MR) is 408 cm³/mol. The Kier molecular flexibility index (Phi) is 67.8. The van der Waals surface area contributed by atoms with E-state index in [1.54, 1.807) is 6.08 Å². The van der Waals surface area contributed by atoms with E-state index in [0.29, 0.717) is 32.1 Å². The van der Waals surface area contributed by atoms with E-state index in [0.717, 1.165) is 148 Å². The second kappa shape index (κ2) is 71.8. The first-order valence-corrected chi connectivity index (χ1v) is 40.4. The molecule has 0 fully saturated rings. The van der Waals surface area contributed by atoms with E-state index in [9.17, 15) is 43.2 Å². The number of aliphatic hydroxyl groups is 1. The molecule has 0 aromatic carbocycles. The van der Waals surface area contributed by atoms with Crippen molar-refractivity contribution in [2.75, 3.05) is 39.6 Å². The molecule has 0 bridgehead atoms. The lowest BCUT2D eigenvalue weighted by atomic mass is 10.1. The van der Waals surface area contributed by atoms with Gasteiger partial charge in [0.2, 0.25) is 0 Å². The zero-order valence-electron chi connectivity index (χ0n) is 61.5. The third-order valence-corrected chi connectivity index (χ3v) is 16.6. The summed E-state index contributed by atoms with van der Waals surface area (Å²) in [7, 11) is -10.0. The van der Waals surface area contributed by atoms with Gasteiger partial charge < -0.3 is 33.8 Å². The molecule has 17 nitrogen and oxygen atoms in total. The summed E-state index contributed by atoms with van der Waals surface area (Å²) in [4.78, 5) is 72.7. The highest BCUT2D eigenvalue weighted by Crippen LogP contribution is 2.45. The first kappa shape index (κ1) is 94.4. The van der Waals surface area contributed by atoms with Crippen molar-refractivity contribution < 1.29 is 80.2 Å². The van der Waals surface area contributed by atoms with Crippen molar-refractivity contribution in [3.05, 3.63) is 170 Å². The van der Waals surface area contributed by atoms with E-state index in [1.807, 2.05) is 18.2 Å². The number of unbranched alkanes of at least 4 members (excludes halogenated alkanes) is 15. The smallest absolute Gasteiger partial charge is 0.462 e. The van der Waals surface area contributed by atoms with Crippen molar-refractivity contribution in [2.45, 2.75) is 277 Å². The molecule has 566 valence electrons. The van der Waals surface area contributed by atoms with Crippen LogP contribution in [-0.2, 0) is 65.4 Å². The lowest BCUT2D eigenvalue weighted by molar-refractivity contribution is -0.161. The molecule has 100 heavy (non-hydrogen) atoms.